The Labute approximate surface area is 132 Å². The Balaban J connectivity index is 2.13. The average molecular weight is 326 g/mol. The van der Waals surface area contributed by atoms with E-state index < -0.39 is 0 Å². The lowest BCUT2D eigenvalue weighted by atomic mass is 10.1. The summed E-state index contributed by atoms with van der Waals surface area (Å²) >= 11 is 11.9. The molecule has 1 amide bonds. The fourth-order valence-electron chi connectivity index (χ4n) is 1.78. The quantitative estimate of drug-likeness (QED) is 0.902. The largest absolute Gasteiger partial charge is 0.508 e. The molecule has 21 heavy (non-hydrogen) atoms. The zero-order chi connectivity index (χ0) is 15.4. The number of hydrogen-bond acceptors (Lipinski definition) is 3. The predicted molar refractivity (Wildman–Crippen MR) is 82.3 cm³/mol. The second-order valence-corrected chi connectivity index (χ2v) is 5.06. The second-order valence-electron chi connectivity index (χ2n) is 4.28. The smallest absolute Gasteiger partial charge is 0.253 e. The van der Waals surface area contributed by atoms with E-state index in [0.717, 1.165) is 0 Å². The molecule has 0 aliphatic rings. The number of carbonyl (C=O) groups excluding carboxylic acids is 1. The summed E-state index contributed by atoms with van der Waals surface area (Å²) in [4.78, 5) is 12.1. The summed E-state index contributed by atoms with van der Waals surface area (Å²) in [5.74, 6) is 0.302. The summed E-state index contributed by atoms with van der Waals surface area (Å²) in [5.41, 5.74) is 0.826. The summed E-state index contributed by atoms with van der Waals surface area (Å²) in [6.45, 7) is 0.144. The molecule has 2 aromatic rings. The van der Waals surface area contributed by atoms with Crippen LogP contribution in [0.5, 0.6) is 11.5 Å². The van der Waals surface area contributed by atoms with Gasteiger partial charge < -0.3 is 15.2 Å². The molecule has 0 unspecified atom stereocenters. The Morgan fingerprint density at radius 3 is 2.76 bits per heavy atom. The zero-order valence-corrected chi connectivity index (χ0v) is 12.7. The van der Waals surface area contributed by atoms with E-state index in [1.54, 1.807) is 30.3 Å². The van der Waals surface area contributed by atoms with Crippen LogP contribution in [0, 0.1) is 0 Å². The molecule has 0 atom stereocenters. The van der Waals surface area contributed by atoms with Gasteiger partial charge in [-0.2, -0.15) is 0 Å². The monoisotopic (exact) mass is 325 g/mol. The first-order valence-corrected chi connectivity index (χ1v) is 6.86. The highest BCUT2D eigenvalue weighted by molar-refractivity contribution is 6.43. The van der Waals surface area contributed by atoms with Gasteiger partial charge in [0.05, 0.1) is 22.7 Å². The van der Waals surface area contributed by atoms with Crippen molar-refractivity contribution in [2.24, 2.45) is 0 Å². The van der Waals surface area contributed by atoms with Crippen molar-refractivity contribution in [2.75, 3.05) is 7.11 Å². The van der Waals surface area contributed by atoms with Gasteiger partial charge in [-0.25, -0.2) is 0 Å². The van der Waals surface area contributed by atoms with E-state index in [2.05, 4.69) is 5.32 Å². The fraction of sp³-hybridized carbons (Fsp3) is 0.133. The number of methoxy groups -OCH3 is 1. The van der Waals surface area contributed by atoms with Crippen molar-refractivity contribution in [3.8, 4) is 11.5 Å². The van der Waals surface area contributed by atoms with Crippen LogP contribution < -0.4 is 10.1 Å². The minimum atomic E-state index is -0.371. The maximum Gasteiger partial charge on any atom is 0.253 e. The van der Waals surface area contributed by atoms with Crippen molar-refractivity contribution in [2.45, 2.75) is 6.54 Å². The second kappa shape index (κ2) is 6.70. The van der Waals surface area contributed by atoms with Crippen LogP contribution in [-0.4, -0.2) is 18.1 Å². The van der Waals surface area contributed by atoms with Crippen molar-refractivity contribution in [3.05, 3.63) is 57.6 Å². The van der Waals surface area contributed by atoms with E-state index in [0.29, 0.717) is 16.3 Å². The summed E-state index contributed by atoms with van der Waals surface area (Å²) in [7, 11) is 1.53. The molecule has 0 spiro atoms. The highest BCUT2D eigenvalue weighted by Crippen LogP contribution is 2.26. The first-order valence-electron chi connectivity index (χ1n) is 6.11. The first kappa shape index (κ1) is 15.5. The standard InChI is InChI=1S/C15H13Cl2NO3/c1-21-10-5-6-13(19)9(7-10)8-18-15(20)11-3-2-4-12(16)14(11)17/h2-7,19H,8H2,1H3,(H,18,20). The molecule has 2 aromatic carbocycles. The molecule has 4 nitrogen and oxygen atoms in total. The van der Waals surface area contributed by atoms with E-state index in [1.807, 2.05) is 0 Å². The van der Waals surface area contributed by atoms with Gasteiger partial charge in [0.1, 0.15) is 11.5 Å². The zero-order valence-electron chi connectivity index (χ0n) is 11.2. The molecule has 110 valence electrons. The molecule has 0 aliphatic heterocycles. The number of benzene rings is 2. The van der Waals surface area contributed by atoms with Crippen LogP contribution in [0.4, 0.5) is 0 Å². The van der Waals surface area contributed by atoms with Crippen LogP contribution in [0.2, 0.25) is 10.0 Å². The molecule has 0 aromatic heterocycles. The molecule has 2 N–H and O–H groups in total. The summed E-state index contributed by atoms with van der Waals surface area (Å²) < 4.78 is 5.07. The third-order valence-corrected chi connectivity index (χ3v) is 3.74. The highest BCUT2D eigenvalue weighted by Gasteiger charge is 2.13. The number of halogens is 2. The number of ether oxygens (including phenoxy) is 1. The molecule has 0 aliphatic carbocycles. The minimum absolute atomic E-state index is 0.0771. The molecule has 0 heterocycles. The van der Waals surface area contributed by atoms with E-state index in [9.17, 15) is 9.90 Å². The SMILES string of the molecule is COc1ccc(O)c(CNC(=O)c2cccc(Cl)c2Cl)c1. The average Bonchev–Trinajstić information content (AvgIpc) is 2.49. The lowest BCUT2D eigenvalue weighted by molar-refractivity contribution is 0.0951. The van der Waals surface area contributed by atoms with Gasteiger partial charge in [-0.15, -0.1) is 0 Å². The molecule has 2 rings (SSSR count). The molecular formula is C15H13Cl2NO3. The van der Waals surface area contributed by atoms with Gasteiger partial charge in [0, 0.05) is 12.1 Å². The highest BCUT2D eigenvalue weighted by atomic mass is 35.5. The molecule has 0 radical (unpaired) electrons. The third kappa shape index (κ3) is 3.60. The number of phenolic OH excluding ortho intramolecular Hbond substituents is 1. The Hall–Kier alpha value is -1.91. The maximum absolute atomic E-state index is 12.1. The Morgan fingerprint density at radius 2 is 2.05 bits per heavy atom. The van der Waals surface area contributed by atoms with Crippen LogP contribution in [0.15, 0.2) is 36.4 Å². The van der Waals surface area contributed by atoms with Gasteiger partial charge in [-0.05, 0) is 30.3 Å². The van der Waals surface area contributed by atoms with Crippen molar-refractivity contribution < 1.29 is 14.6 Å². The summed E-state index contributed by atoms with van der Waals surface area (Å²) in [6.07, 6.45) is 0. The lowest BCUT2D eigenvalue weighted by Crippen LogP contribution is -2.23. The Kier molecular flexibility index (Phi) is 4.94. The van der Waals surface area contributed by atoms with Gasteiger partial charge in [-0.3, -0.25) is 4.79 Å². The molecular weight excluding hydrogens is 313 g/mol. The van der Waals surface area contributed by atoms with Crippen molar-refractivity contribution in [1.82, 2.24) is 5.32 Å². The molecule has 0 bridgehead atoms. The summed E-state index contributed by atoms with van der Waals surface area (Å²) in [5, 5.41) is 13.0. The van der Waals surface area contributed by atoms with Crippen LogP contribution in [-0.2, 0) is 6.54 Å². The molecule has 0 fully saturated rings. The van der Waals surface area contributed by atoms with Crippen LogP contribution in [0.25, 0.3) is 0 Å². The van der Waals surface area contributed by atoms with Crippen LogP contribution >= 0.6 is 23.2 Å². The van der Waals surface area contributed by atoms with Crippen molar-refractivity contribution in [1.29, 1.82) is 0 Å². The predicted octanol–water partition coefficient (Wildman–Crippen LogP) is 3.64. The van der Waals surface area contributed by atoms with Gasteiger partial charge in [0.25, 0.3) is 5.91 Å². The van der Waals surface area contributed by atoms with Crippen molar-refractivity contribution in [3.63, 3.8) is 0 Å². The minimum Gasteiger partial charge on any atom is -0.508 e. The Morgan fingerprint density at radius 1 is 1.29 bits per heavy atom. The van der Waals surface area contributed by atoms with Crippen LogP contribution in [0.1, 0.15) is 15.9 Å². The molecule has 0 saturated carbocycles. The number of hydrogen-bond donors (Lipinski definition) is 2. The third-order valence-electron chi connectivity index (χ3n) is 2.92. The van der Waals surface area contributed by atoms with Gasteiger partial charge >= 0.3 is 0 Å². The number of rotatable bonds is 4. The summed E-state index contributed by atoms with van der Waals surface area (Å²) in [6, 6.07) is 9.62. The van der Waals surface area contributed by atoms with E-state index in [1.165, 1.54) is 13.2 Å². The lowest BCUT2D eigenvalue weighted by Gasteiger charge is -2.10. The first-order chi connectivity index (χ1) is 10.0. The van der Waals surface area contributed by atoms with Gasteiger partial charge in [0.2, 0.25) is 0 Å². The normalized spacial score (nSPS) is 10.2. The number of carbonyl (C=O) groups is 1. The van der Waals surface area contributed by atoms with Crippen molar-refractivity contribution >= 4 is 29.1 Å². The molecule has 0 saturated heterocycles. The van der Waals surface area contributed by atoms with Gasteiger partial charge in [0.15, 0.2) is 0 Å². The number of nitrogens with one attached hydrogen (secondary N) is 1. The van der Waals surface area contributed by atoms with Crippen LogP contribution in [0.3, 0.4) is 0 Å². The van der Waals surface area contributed by atoms with Gasteiger partial charge in [-0.1, -0.05) is 29.3 Å². The maximum atomic E-state index is 12.1. The molecule has 6 heteroatoms. The number of amides is 1. The van der Waals surface area contributed by atoms with E-state index in [-0.39, 0.29) is 28.8 Å². The number of phenols is 1. The van der Waals surface area contributed by atoms with E-state index >= 15 is 0 Å². The Bertz CT molecular complexity index is 674. The number of aromatic hydroxyl groups is 1. The topological polar surface area (TPSA) is 58.6 Å². The van der Waals surface area contributed by atoms with E-state index in [4.69, 9.17) is 27.9 Å². The fourth-order valence-corrected chi connectivity index (χ4v) is 2.17.